The summed E-state index contributed by atoms with van der Waals surface area (Å²) in [6.45, 7) is 1.43. The number of rotatable bonds is 7. The highest BCUT2D eigenvalue weighted by atomic mass is 32.2. The molecule has 3 rings (SSSR count). The van der Waals surface area contributed by atoms with Crippen molar-refractivity contribution in [3.05, 3.63) is 59.7 Å². The van der Waals surface area contributed by atoms with Crippen LogP contribution in [0.4, 0.5) is 28.9 Å². The van der Waals surface area contributed by atoms with E-state index in [1.807, 2.05) is 0 Å². The van der Waals surface area contributed by atoms with Gasteiger partial charge in [0.25, 0.3) is 5.91 Å². The zero-order valence-electron chi connectivity index (χ0n) is 17.1. The van der Waals surface area contributed by atoms with Crippen molar-refractivity contribution in [1.82, 2.24) is 15.0 Å². The summed E-state index contributed by atoms with van der Waals surface area (Å²) in [5.41, 5.74) is -2.52. The minimum absolute atomic E-state index is 0.0146. The Labute approximate surface area is 185 Å². The number of benzene rings is 2. The number of alkyl halides is 3. The molecule has 1 heterocycles. The number of aromatic nitrogens is 3. The monoisotopic (exact) mass is 487 g/mol. The fourth-order valence-corrected chi connectivity index (χ4v) is 3.38. The number of methoxy groups -OCH3 is 1. The predicted octanol–water partition coefficient (Wildman–Crippen LogP) is 3.45. The zero-order valence-corrected chi connectivity index (χ0v) is 18.0. The van der Waals surface area contributed by atoms with Crippen LogP contribution in [0.3, 0.4) is 0 Å². The molecule has 176 valence electrons. The van der Waals surface area contributed by atoms with Crippen LogP contribution in [0.25, 0.3) is 5.69 Å². The molecule has 9 nitrogen and oxygen atoms in total. The number of nitrogens with one attached hydrogen (secondary N) is 2. The van der Waals surface area contributed by atoms with Gasteiger partial charge < -0.3 is 10.1 Å². The van der Waals surface area contributed by atoms with Crippen LogP contribution in [0.1, 0.15) is 23.1 Å². The fraction of sp³-hybridized carbons (Fsp3) is 0.211. The number of nitrogens with zero attached hydrogens (tertiary/aromatic N) is 3. The van der Waals surface area contributed by atoms with Gasteiger partial charge in [0.15, 0.2) is 11.4 Å². The number of hydrogen-bond donors (Lipinski definition) is 2. The number of sulfonamides is 1. The summed E-state index contributed by atoms with van der Waals surface area (Å²) < 4.78 is 85.6. The molecule has 1 amide bonds. The third kappa shape index (κ3) is 5.39. The lowest BCUT2D eigenvalue weighted by Gasteiger charge is -2.13. The van der Waals surface area contributed by atoms with Crippen molar-refractivity contribution >= 4 is 27.3 Å². The second-order valence-electron chi connectivity index (χ2n) is 6.55. The summed E-state index contributed by atoms with van der Waals surface area (Å²) in [6.07, 6.45) is -5.01. The van der Waals surface area contributed by atoms with Gasteiger partial charge in [0, 0.05) is 11.8 Å². The number of halogens is 4. The maximum Gasteiger partial charge on any atom is 0.435 e. The number of carbonyl (C=O) groups excluding carboxylic acids is 1. The van der Waals surface area contributed by atoms with Gasteiger partial charge in [0.05, 0.1) is 24.2 Å². The minimum Gasteiger partial charge on any atom is -0.494 e. The Morgan fingerprint density at radius 2 is 1.82 bits per heavy atom. The Bertz CT molecular complexity index is 1270. The van der Waals surface area contributed by atoms with Gasteiger partial charge in [-0.3, -0.25) is 9.52 Å². The van der Waals surface area contributed by atoms with Crippen molar-refractivity contribution in [3.63, 3.8) is 0 Å². The molecular formula is C19H17F4N5O4S. The summed E-state index contributed by atoms with van der Waals surface area (Å²) >= 11 is 0. The van der Waals surface area contributed by atoms with E-state index in [9.17, 15) is 30.8 Å². The van der Waals surface area contributed by atoms with Crippen molar-refractivity contribution in [2.24, 2.45) is 0 Å². The Kier molecular flexibility index (Phi) is 6.58. The lowest BCUT2D eigenvalue weighted by molar-refractivity contribution is -0.143. The second kappa shape index (κ2) is 9.05. The Hall–Kier alpha value is -3.68. The van der Waals surface area contributed by atoms with Gasteiger partial charge in [-0.1, -0.05) is 5.21 Å². The van der Waals surface area contributed by atoms with E-state index in [0.717, 1.165) is 24.3 Å². The summed E-state index contributed by atoms with van der Waals surface area (Å²) in [6, 6.07) is 7.77. The van der Waals surface area contributed by atoms with E-state index >= 15 is 0 Å². The van der Waals surface area contributed by atoms with Crippen molar-refractivity contribution < 1.29 is 35.5 Å². The van der Waals surface area contributed by atoms with Crippen molar-refractivity contribution in [2.45, 2.75) is 13.1 Å². The molecule has 1 aromatic heterocycles. The van der Waals surface area contributed by atoms with Gasteiger partial charge >= 0.3 is 6.18 Å². The molecule has 0 bridgehead atoms. The van der Waals surface area contributed by atoms with Crippen LogP contribution in [0.5, 0.6) is 5.75 Å². The average molecular weight is 487 g/mol. The van der Waals surface area contributed by atoms with Crippen LogP contribution in [-0.2, 0) is 16.2 Å². The van der Waals surface area contributed by atoms with E-state index in [4.69, 9.17) is 4.74 Å². The third-order valence-electron chi connectivity index (χ3n) is 4.33. The molecule has 33 heavy (non-hydrogen) atoms. The van der Waals surface area contributed by atoms with Crippen LogP contribution in [-0.4, -0.2) is 42.2 Å². The van der Waals surface area contributed by atoms with Gasteiger partial charge in [0.2, 0.25) is 10.0 Å². The molecule has 3 aromatic rings. The largest absolute Gasteiger partial charge is 0.494 e. The molecule has 0 radical (unpaired) electrons. The average Bonchev–Trinajstić information content (AvgIpc) is 3.21. The molecule has 0 fully saturated rings. The van der Waals surface area contributed by atoms with Crippen LogP contribution >= 0.6 is 0 Å². The minimum atomic E-state index is -5.01. The normalized spacial score (nSPS) is 11.8. The lowest BCUT2D eigenvalue weighted by Crippen LogP contribution is -2.21. The van der Waals surface area contributed by atoms with E-state index in [0.29, 0.717) is 4.68 Å². The molecule has 0 aliphatic rings. The molecular weight excluding hydrogens is 470 g/mol. The maximum absolute atomic E-state index is 13.7. The lowest BCUT2D eigenvalue weighted by atomic mass is 10.2. The molecule has 0 aliphatic heterocycles. The van der Waals surface area contributed by atoms with E-state index < -0.39 is 39.3 Å². The third-order valence-corrected chi connectivity index (χ3v) is 5.62. The van der Waals surface area contributed by atoms with Gasteiger partial charge in [-0.2, -0.15) is 13.2 Å². The highest BCUT2D eigenvalue weighted by Gasteiger charge is 2.42. The first-order valence-electron chi connectivity index (χ1n) is 9.24. The molecule has 0 atom stereocenters. The topological polar surface area (TPSA) is 115 Å². The van der Waals surface area contributed by atoms with Crippen LogP contribution in [0.2, 0.25) is 0 Å². The number of ether oxygens (including phenoxy) is 1. The van der Waals surface area contributed by atoms with Crippen LogP contribution in [0, 0.1) is 5.82 Å². The van der Waals surface area contributed by atoms with E-state index in [-0.39, 0.29) is 28.6 Å². The predicted molar refractivity (Wildman–Crippen MR) is 110 cm³/mol. The van der Waals surface area contributed by atoms with E-state index in [2.05, 4.69) is 20.4 Å². The SMILES string of the molecule is CCS(=O)(=O)Nc1ccc(NC(=O)c2nnn(-c3ccc(F)cc3)c2C(F)(F)F)cc1OC. The fourth-order valence-electron chi connectivity index (χ4n) is 2.74. The molecule has 0 spiro atoms. The highest BCUT2D eigenvalue weighted by Crippen LogP contribution is 2.34. The van der Waals surface area contributed by atoms with Crippen molar-refractivity contribution in [2.75, 3.05) is 22.9 Å². The quantitative estimate of drug-likeness (QED) is 0.494. The molecule has 0 saturated carbocycles. The van der Waals surface area contributed by atoms with Crippen LogP contribution in [0.15, 0.2) is 42.5 Å². The van der Waals surface area contributed by atoms with Gasteiger partial charge in [0.1, 0.15) is 11.6 Å². The van der Waals surface area contributed by atoms with Crippen LogP contribution < -0.4 is 14.8 Å². The maximum atomic E-state index is 13.7. The van der Waals surface area contributed by atoms with Crippen molar-refractivity contribution in [3.8, 4) is 11.4 Å². The van der Waals surface area contributed by atoms with Gasteiger partial charge in [-0.15, -0.1) is 5.10 Å². The van der Waals surface area contributed by atoms with Crippen molar-refractivity contribution in [1.29, 1.82) is 0 Å². The Balaban J connectivity index is 1.94. The Morgan fingerprint density at radius 3 is 2.39 bits per heavy atom. The van der Waals surface area contributed by atoms with Gasteiger partial charge in [-0.05, 0) is 43.3 Å². The first-order chi connectivity index (χ1) is 15.4. The standard InChI is InChI=1S/C19H17F4N5O4S/c1-3-33(30,31)26-14-9-6-12(10-15(14)32-2)24-18(29)16-17(19(21,22)23)28(27-25-16)13-7-4-11(20)5-8-13/h4-10,26H,3H2,1-2H3,(H,24,29). The first kappa shape index (κ1) is 24.0. The summed E-state index contributed by atoms with van der Waals surface area (Å²) in [7, 11) is -2.37. The second-order valence-corrected chi connectivity index (χ2v) is 8.56. The number of anilines is 2. The first-order valence-corrected chi connectivity index (χ1v) is 10.9. The number of amides is 1. The summed E-state index contributed by atoms with van der Waals surface area (Å²) in [4.78, 5) is 12.6. The highest BCUT2D eigenvalue weighted by molar-refractivity contribution is 7.92. The summed E-state index contributed by atoms with van der Waals surface area (Å²) in [5, 5.41) is 9.02. The molecule has 14 heteroatoms. The number of hydrogen-bond acceptors (Lipinski definition) is 6. The smallest absolute Gasteiger partial charge is 0.435 e. The molecule has 2 aromatic carbocycles. The molecule has 0 saturated heterocycles. The molecule has 0 aliphatic carbocycles. The van der Waals surface area contributed by atoms with E-state index in [1.165, 1.54) is 32.2 Å². The molecule has 2 N–H and O–H groups in total. The van der Waals surface area contributed by atoms with E-state index in [1.54, 1.807) is 0 Å². The molecule has 0 unspecified atom stereocenters. The summed E-state index contributed by atoms with van der Waals surface area (Å²) in [5.74, 6) is -2.06. The zero-order chi connectivity index (χ0) is 24.4. The Morgan fingerprint density at radius 1 is 1.15 bits per heavy atom. The number of carbonyl (C=O) groups is 1. The van der Waals surface area contributed by atoms with Gasteiger partial charge in [-0.25, -0.2) is 17.5 Å².